The maximum Gasteiger partial charge on any atom is 0.0964 e. The second kappa shape index (κ2) is 8.57. The number of likely N-dealkylation sites (tertiary alicyclic amines) is 1. The first kappa shape index (κ1) is 18.7. The molecule has 1 fully saturated rings. The van der Waals surface area contributed by atoms with Gasteiger partial charge in [0.05, 0.1) is 14.9 Å². The maximum atomic E-state index is 4.95. The van der Waals surface area contributed by atoms with Crippen molar-refractivity contribution in [2.75, 3.05) is 19.3 Å². The summed E-state index contributed by atoms with van der Waals surface area (Å²) in [4.78, 5) is 9.02. The highest BCUT2D eigenvalue weighted by Crippen LogP contribution is 2.34. The van der Waals surface area contributed by atoms with Crippen molar-refractivity contribution in [2.45, 2.75) is 29.5 Å². The highest BCUT2D eigenvalue weighted by molar-refractivity contribution is 9.10. The van der Waals surface area contributed by atoms with Gasteiger partial charge in [-0.2, -0.15) is 0 Å². The smallest absolute Gasteiger partial charge is 0.0964 e. The van der Waals surface area contributed by atoms with Gasteiger partial charge in [0.15, 0.2) is 0 Å². The summed E-state index contributed by atoms with van der Waals surface area (Å²) in [5, 5.41) is 3.51. The van der Waals surface area contributed by atoms with E-state index in [4.69, 9.17) is 4.98 Å². The topological polar surface area (TPSA) is 16.1 Å². The zero-order valence-corrected chi connectivity index (χ0v) is 18.7. The molecule has 1 aromatic carbocycles. The molecule has 0 spiro atoms. The maximum absolute atomic E-state index is 4.95. The molecule has 0 aliphatic carbocycles. The lowest BCUT2D eigenvalue weighted by Crippen LogP contribution is -2.32. The average Bonchev–Trinajstić information content (AvgIpc) is 3.32. The summed E-state index contributed by atoms with van der Waals surface area (Å²) in [7, 11) is 0. The highest BCUT2D eigenvalue weighted by Gasteiger charge is 2.23. The third-order valence-electron chi connectivity index (χ3n) is 4.80. The number of benzene rings is 1. The Morgan fingerprint density at radius 2 is 2.08 bits per heavy atom. The van der Waals surface area contributed by atoms with Crippen molar-refractivity contribution in [1.82, 2.24) is 9.88 Å². The Morgan fingerprint density at radius 3 is 2.81 bits per heavy atom. The third-order valence-corrected chi connectivity index (χ3v) is 8.45. The van der Waals surface area contributed by atoms with Gasteiger partial charge >= 0.3 is 0 Å². The lowest BCUT2D eigenvalue weighted by atomic mass is 9.97. The molecule has 2 nitrogen and oxygen atoms in total. The molecule has 0 atom stereocenters. The van der Waals surface area contributed by atoms with Crippen molar-refractivity contribution in [3.8, 4) is 11.3 Å². The van der Waals surface area contributed by atoms with Gasteiger partial charge in [-0.15, -0.1) is 34.4 Å². The van der Waals surface area contributed by atoms with Gasteiger partial charge in [-0.05, 0) is 56.5 Å². The summed E-state index contributed by atoms with van der Waals surface area (Å²) in [6.07, 6.45) is 4.58. The quantitative estimate of drug-likeness (QED) is 0.389. The third kappa shape index (κ3) is 4.42. The Kier molecular flexibility index (Phi) is 6.16. The number of rotatable bonds is 5. The van der Waals surface area contributed by atoms with Gasteiger partial charge in [-0.25, -0.2) is 4.98 Å². The van der Waals surface area contributed by atoms with Crippen LogP contribution in [0.15, 0.2) is 50.5 Å². The largest absolute Gasteiger partial charge is 0.298 e. The number of hydrogen-bond acceptors (Lipinski definition) is 5. The molecule has 136 valence electrons. The first-order valence-electron chi connectivity index (χ1n) is 8.77. The minimum Gasteiger partial charge on any atom is -0.298 e. The van der Waals surface area contributed by atoms with Crippen LogP contribution in [0.25, 0.3) is 11.3 Å². The highest BCUT2D eigenvalue weighted by atomic mass is 79.9. The monoisotopic (exact) mass is 464 g/mol. The summed E-state index contributed by atoms with van der Waals surface area (Å²) < 4.78 is 2.52. The van der Waals surface area contributed by atoms with E-state index < -0.39 is 0 Å². The number of nitrogens with zero attached hydrogens (tertiary/aromatic N) is 2. The molecule has 0 saturated carbocycles. The number of thioether (sulfide) groups is 1. The number of piperidine rings is 1. The van der Waals surface area contributed by atoms with Crippen LogP contribution in [0.1, 0.15) is 28.6 Å². The molecule has 0 unspecified atom stereocenters. The zero-order chi connectivity index (χ0) is 17.9. The lowest BCUT2D eigenvalue weighted by molar-refractivity contribution is 0.206. The molecule has 1 aliphatic heterocycles. The normalized spacial score (nSPS) is 16.2. The molecule has 0 radical (unpaired) electrons. The lowest BCUT2D eigenvalue weighted by Gasteiger charge is -2.30. The zero-order valence-electron chi connectivity index (χ0n) is 14.7. The van der Waals surface area contributed by atoms with Crippen LogP contribution in [0.5, 0.6) is 0 Å². The number of hydrogen-bond donors (Lipinski definition) is 0. The van der Waals surface area contributed by atoms with E-state index in [2.05, 4.69) is 68.9 Å². The number of halogens is 1. The summed E-state index contributed by atoms with van der Waals surface area (Å²) in [5.41, 5.74) is 2.30. The van der Waals surface area contributed by atoms with Gasteiger partial charge in [0.2, 0.25) is 0 Å². The number of thiophene rings is 1. The molecule has 1 aliphatic rings. The van der Waals surface area contributed by atoms with E-state index in [0.29, 0.717) is 5.92 Å². The molecule has 26 heavy (non-hydrogen) atoms. The van der Waals surface area contributed by atoms with Crippen molar-refractivity contribution in [3.63, 3.8) is 0 Å². The number of thiazole rings is 1. The van der Waals surface area contributed by atoms with Gasteiger partial charge in [0.25, 0.3) is 0 Å². The first-order valence-corrected chi connectivity index (χ1v) is 12.5. The molecule has 0 bridgehead atoms. The van der Waals surface area contributed by atoms with E-state index in [0.717, 1.165) is 16.7 Å². The van der Waals surface area contributed by atoms with Crippen molar-refractivity contribution in [2.24, 2.45) is 0 Å². The number of aromatic nitrogens is 1. The van der Waals surface area contributed by atoms with Crippen molar-refractivity contribution >= 4 is 50.4 Å². The van der Waals surface area contributed by atoms with E-state index in [9.17, 15) is 0 Å². The van der Waals surface area contributed by atoms with Crippen LogP contribution in [-0.2, 0) is 6.54 Å². The second-order valence-electron chi connectivity index (χ2n) is 6.56. The Balaban J connectivity index is 1.36. The van der Waals surface area contributed by atoms with Crippen molar-refractivity contribution < 1.29 is 0 Å². The Hall–Kier alpha value is -0.660. The standard InChI is InChI=1S/C20H21BrN2S3/c1-24-19-6-5-17(26-19)12-23-9-7-14(8-10-23)20-22-18(13-25-20)15-3-2-4-16(21)11-15/h2-6,11,13-14H,7-10,12H2,1H3. The van der Waals surface area contributed by atoms with E-state index >= 15 is 0 Å². The molecule has 2 aromatic heterocycles. The summed E-state index contributed by atoms with van der Waals surface area (Å²) >= 11 is 9.15. The average molecular weight is 466 g/mol. The van der Waals surface area contributed by atoms with Gasteiger partial charge in [0, 0.05) is 32.8 Å². The molecular formula is C20H21BrN2S3. The fraction of sp³-hybridized carbons (Fsp3) is 0.350. The predicted octanol–water partition coefficient (Wildman–Crippen LogP) is 6.74. The van der Waals surface area contributed by atoms with Crippen molar-refractivity contribution in [1.29, 1.82) is 0 Å². The van der Waals surface area contributed by atoms with Crippen LogP contribution in [0.3, 0.4) is 0 Å². The van der Waals surface area contributed by atoms with Crippen LogP contribution < -0.4 is 0 Å². The SMILES string of the molecule is CSc1ccc(CN2CCC(c3nc(-c4cccc(Br)c4)cs3)CC2)s1. The molecule has 0 N–H and O–H groups in total. The van der Waals surface area contributed by atoms with Crippen molar-refractivity contribution in [3.05, 3.63) is 56.1 Å². The molecule has 6 heteroatoms. The van der Waals surface area contributed by atoms with Crippen LogP contribution in [0.4, 0.5) is 0 Å². The molecular weight excluding hydrogens is 444 g/mol. The Labute approximate surface area is 175 Å². The Bertz CT molecular complexity index is 865. The van der Waals surface area contributed by atoms with E-state index in [1.807, 2.05) is 34.4 Å². The van der Waals surface area contributed by atoms with Crippen LogP contribution in [-0.4, -0.2) is 29.2 Å². The Morgan fingerprint density at radius 1 is 1.23 bits per heavy atom. The van der Waals surface area contributed by atoms with Gasteiger partial charge in [-0.3, -0.25) is 4.90 Å². The molecule has 0 amide bonds. The minimum absolute atomic E-state index is 0.613. The molecule has 3 aromatic rings. The second-order valence-corrected chi connectivity index (χ2v) is 10.6. The van der Waals surface area contributed by atoms with E-state index in [-0.39, 0.29) is 0 Å². The van der Waals surface area contributed by atoms with Gasteiger partial charge < -0.3 is 0 Å². The van der Waals surface area contributed by atoms with Crippen LogP contribution in [0.2, 0.25) is 0 Å². The van der Waals surface area contributed by atoms with Crippen LogP contribution in [0, 0.1) is 0 Å². The summed E-state index contributed by atoms with van der Waals surface area (Å²) in [5.74, 6) is 0.613. The van der Waals surface area contributed by atoms with Gasteiger partial charge in [-0.1, -0.05) is 28.1 Å². The minimum atomic E-state index is 0.613. The molecule has 3 heterocycles. The predicted molar refractivity (Wildman–Crippen MR) is 119 cm³/mol. The molecule has 4 rings (SSSR count). The summed E-state index contributed by atoms with van der Waals surface area (Å²) in [6.45, 7) is 3.44. The fourth-order valence-corrected chi connectivity index (χ4v) is 6.40. The van der Waals surface area contributed by atoms with E-state index in [1.54, 1.807) is 0 Å². The first-order chi connectivity index (χ1) is 12.7. The van der Waals surface area contributed by atoms with Crippen LogP contribution >= 0.6 is 50.4 Å². The fourth-order valence-electron chi connectivity index (χ4n) is 3.37. The van der Waals surface area contributed by atoms with E-state index in [1.165, 1.54) is 45.6 Å². The molecule has 1 saturated heterocycles. The summed E-state index contributed by atoms with van der Waals surface area (Å²) in [6, 6.07) is 12.9. The van der Waals surface area contributed by atoms with Gasteiger partial charge in [0.1, 0.15) is 0 Å².